The third-order valence-electron chi connectivity index (χ3n) is 3.29. The van der Waals surface area contributed by atoms with Crippen LogP contribution >= 0.6 is 22.6 Å². The van der Waals surface area contributed by atoms with Crippen molar-refractivity contribution in [2.75, 3.05) is 12.4 Å². The Morgan fingerprint density at radius 3 is 2.61 bits per heavy atom. The van der Waals surface area contributed by atoms with Gasteiger partial charge in [0, 0.05) is 14.6 Å². The Balaban J connectivity index is 1.99. The van der Waals surface area contributed by atoms with Crippen LogP contribution in [0, 0.1) is 3.57 Å². The Morgan fingerprint density at radius 2 is 1.91 bits per heavy atom. The van der Waals surface area contributed by atoms with E-state index in [1.165, 1.54) is 13.2 Å². The maximum absolute atomic E-state index is 12.3. The van der Waals surface area contributed by atoms with E-state index in [2.05, 4.69) is 27.9 Å². The third kappa shape index (κ3) is 3.21. The fourth-order valence-corrected chi connectivity index (χ4v) is 2.53. The second-order valence-corrected chi connectivity index (χ2v) is 6.03. The third-order valence-corrected chi connectivity index (χ3v) is 4.01. The average Bonchev–Trinajstić information content (AvgIpc) is 2.55. The van der Waals surface area contributed by atoms with Crippen molar-refractivity contribution < 1.29 is 13.9 Å². The molecule has 23 heavy (non-hydrogen) atoms. The number of rotatable bonds is 3. The van der Waals surface area contributed by atoms with Gasteiger partial charge in [-0.2, -0.15) is 0 Å². The first kappa shape index (κ1) is 15.5. The van der Waals surface area contributed by atoms with Crippen molar-refractivity contribution in [3.05, 3.63) is 68.1 Å². The van der Waals surface area contributed by atoms with Gasteiger partial charge in [0.15, 0.2) is 11.3 Å². The number of ether oxygens (including phenoxy) is 1. The summed E-state index contributed by atoms with van der Waals surface area (Å²) in [5.74, 6) is -0.0612. The van der Waals surface area contributed by atoms with Crippen LogP contribution in [0.4, 0.5) is 5.69 Å². The van der Waals surface area contributed by atoms with Crippen molar-refractivity contribution in [2.45, 2.75) is 0 Å². The average molecular weight is 421 g/mol. The van der Waals surface area contributed by atoms with Gasteiger partial charge < -0.3 is 14.5 Å². The number of halogens is 1. The summed E-state index contributed by atoms with van der Waals surface area (Å²) in [7, 11) is 1.49. The summed E-state index contributed by atoms with van der Waals surface area (Å²) in [6.07, 6.45) is 0. The smallest absolute Gasteiger partial charge is 0.349 e. The maximum atomic E-state index is 12.3. The zero-order valence-electron chi connectivity index (χ0n) is 12.1. The molecule has 6 heteroatoms. The molecule has 0 saturated carbocycles. The van der Waals surface area contributed by atoms with E-state index in [-0.39, 0.29) is 5.56 Å². The minimum absolute atomic E-state index is 0.0516. The Hall–Kier alpha value is -2.35. The fraction of sp³-hybridized carbons (Fsp3) is 0.0588. The lowest BCUT2D eigenvalue weighted by Gasteiger charge is -2.07. The van der Waals surface area contributed by atoms with Gasteiger partial charge in [-0.15, -0.1) is 0 Å². The lowest BCUT2D eigenvalue weighted by atomic mass is 10.1. The van der Waals surface area contributed by atoms with Crippen LogP contribution in [0.1, 0.15) is 10.4 Å². The molecule has 1 N–H and O–H groups in total. The summed E-state index contributed by atoms with van der Waals surface area (Å²) in [6, 6.07) is 14.0. The minimum Gasteiger partial charge on any atom is -0.493 e. The molecule has 0 atom stereocenters. The molecule has 116 valence electrons. The summed E-state index contributed by atoms with van der Waals surface area (Å²) in [5, 5.41) is 3.31. The van der Waals surface area contributed by atoms with Gasteiger partial charge in [-0.25, -0.2) is 4.79 Å². The number of methoxy groups -OCH3 is 1. The molecule has 1 heterocycles. The van der Waals surface area contributed by atoms with Gasteiger partial charge in [0.2, 0.25) is 0 Å². The number of carbonyl (C=O) groups excluding carboxylic acids is 1. The van der Waals surface area contributed by atoms with Gasteiger partial charge >= 0.3 is 5.63 Å². The second-order valence-electron chi connectivity index (χ2n) is 4.79. The van der Waals surface area contributed by atoms with Crippen LogP contribution in [0.3, 0.4) is 0 Å². The van der Waals surface area contributed by atoms with Crippen LogP contribution in [0.2, 0.25) is 0 Å². The van der Waals surface area contributed by atoms with E-state index in [1.54, 1.807) is 30.3 Å². The van der Waals surface area contributed by atoms with Gasteiger partial charge in [0.25, 0.3) is 5.91 Å². The van der Waals surface area contributed by atoms with Crippen LogP contribution in [-0.2, 0) is 0 Å². The van der Waals surface area contributed by atoms with E-state index < -0.39 is 11.5 Å². The van der Waals surface area contributed by atoms with E-state index >= 15 is 0 Å². The molecule has 0 aliphatic heterocycles. The molecular weight excluding hydrogens is 409 g/mol. The van der Waals surface area contributed by atoms with Crippen LogP contribution in [0.5, 0.6) is 5.75 Å². The van der Waals surface area contributed by atoms with Crippen molar-refractivity contribution in [2.24, 2.45) is 0 Å². The Kier molecular flexibility index (Phi) is 4.33. The van der Waals surface area contributed by atoms with E-state index in [4.69, 9.17) is 9.15 Å². The normalized spacial score (nSPS) is 10.5. The van der Waals surface area contributed by atoms with Crippen LogP contribution < -0.4 is 15.7 Å². The number of fused-ring (bicyclic) bond motifs is 1. The molecule has 0 aliphatic carbocycles. The molecular formula is C17H12INO4. The maximum Gasteiger partial charge on any atom is 0.349 e. The highest BCUT2D eigenvalue weighted by molar-refractivity contribution is 14.1. The first-order valence-corrected chi connectivity index (χ1v) is 7.84. The summed E-state index contributed by atoms with van der Waals surface area (Å²) in [4.78, 5) is 24.4. The molecule has 0 unspecified atom stereocenters. The first-order valence-electron chi connectivity index (χ1n) is 6.76. The second kappa shape index (κ2) is 6.41. The number of carbonyl (C=O) groups is 1. The summed E-state index contributed by atoms with van der Waals surface area (Å²) >= 11 is 2.17. The Bertz CT molecular complexity index is 931. The van der Waals surface area contributed by atoms with Crippen LogP contribution in [-0.4, -0.2) is 13.0 Å². The molecule has 3 rings (SSSR count). The monoisotopic (exact) mass is 421 g/mol. The molecule has 0 saturated heterocycles. The Morgan fingerprint density at radius 1 is 1.17 bits per heavy atom. The zero-order valence-corrected chi connectivity index (χ0v) is 14.3. The highest BCUT2D eigenvalue weighted by Crippen LogP contribution is 2.24. The summed E-state index contributed by atoms with van der Waals surface area (Å²) < 4.78 is 11.5. The number of hydrogen-bond acceptors (Lipinski definition) is 4. The van der Waals surface area contributed by atoms with Crippen molar-refractivity contribution in [1.82, 2.24) is 0 Å². The molecule has 3 aromatic rings. The van der Waals surface area contributed by atoms with Crippen LogP contribution in [0.15, 0.2) is 57.7 Å². The quantitative estimate of drug-likeness (QED) is 0.518. The van der Waals surface area contributed by atoms with Gasteiger partial charge in [-0.1, -0.05) is 12.1 Å². The van der Waals surface area contributed by atoms with E-state index in [1.807, 2.05) is 12.1 Å². The number of para-hydroxylation sites is 1. The first-order chi connectivity index (χ1) is 11.1. The Labute approximate surface area is 145 Å². The lowest BCUT2D eigenvalue weighted by molar-refractivity contribution is 0.102. The van der Waals surface area contributed by atoms with Gasteiger partial charge in [0.1, 0.15) is 5.56 Å². The van der Waals surface area contributed by atoms with Crippen molar-refractivity contribution in [3.8, 4) is 5.75 Å². The number of anilines is 1. The largest absolute Gasteiger partial charge is 0.493 e. The molecule has 0 spiro atoms. The fourth-order valence-electron chi connectivity index (χ4n) is 2.17. The van der Waals surface area contributed by atoms with Crippen molar-refractivity contribution in [1.29, 1.82) is 0 Å². The number of nitrogens with one attached hydrogen (secondary N) is 1. The highest BCUT2D eigenvalue weighted by Gasteiger charge is 2.15. The molecule has 5 nitrogen and oxygen atoms in total. The molecule has 2 aromatic carbocycles. The van der Waals surface area contributed by atoms with Crippen molar-refractivity contribution >= 4 is 45.2 Å². The van der Waals surface area contributed by atoms with Gasteiger partial charge in [-0.3, -0.25) is 4.79 Å². The van der Waals surface area contributed by atoms with Crippen molar-refractivity contribution in [3.63, 3.8) is 0 Å². The lowest BCUT2D eigenvalue weighted by Crippen LogP contribution is -2.20. The number of benzene rings is 2. The van der Waals surface area contributed by atoms with Crippen LogP contribution in [0.25, 0.3) is 11.0 Å². The molecule has 0 aliphatic rings. The predicted molar refractivity (Wildman–Crippen MR) is 96.1 cm³/mol. The number of amides is 1. The summed E-state index contributed by atoms with van der Waals surface area (Å²) in [6.45, 7) is 0. The molecule has 0 fully saturated rings. The molecule has 1 aromatic heterocycles. The van der Waals surface area contributed by atoms with Gasteiger partial charge in [0.05, 0.1) is 7.11 Å². The molecule has 0 radical (unpaired) electrons. The van der Waals surface area contributed by atoms with E-state index in [0.29, 0.717) is 22.4 Å². The van der Waals surface area contributed by atoms with E-state index in [9.17, 15) is 9.59 Å². The summed E-state index contributed by atoms with van der Waals surface area (Å²) in [5.41, 5.74) is 0.181. The minimum atomic E-state index is -0.704. The predicted octanol–water partition coefficient (Wildman–Crippen LogP) is 3.66. The topological polar surface area (TPSA) is 68.5 Å². The molecule has 0 bridgehead atoms. The number of hydrogen-bond donors (Lipinski definition) is 1. The highest BCUT2D eigenvalue weighted by atomic mass is 127. The SMILES string of the molecule is COc1cccc2cc(C(=O)Nc3ccc(I)cc3)c(=O)oc12. The zero-order chi connectivity index (χ0) is 16.4. The molecule has 1 amide bonds. The standard InChI is InChI=1S/C17H12INO4/c1-22-14-4-2-3-10-9-13(17(21)23-15(10)14)16(20)19-12-7-5-11(18)6-8-12/h2-9H,1H3,(H,19,20). The van der Waals surface area contributed by atoms with E-state index in [0.717, 1.165) is 3.57 Å². The van der Waals surface area contributed by atoms with Gasteiger partial charge in [-0.05, 0) is 59.0 Å².